The van der Waals surface area contributed by atoms with Gasteiger partial charge in [0.1, 0.15) is 41.6 Å². The molecule has 1 aliphatic rings. The summed E-state index contributed by atoms with van der Waals surface area (Å²) in [6.07, 6.45) is 6.60. The second-order valence-corrected chi connectivity index (χ2v) is 8.34. The first-order valence-corrected chi connectivity index (χ1v) is 9.99. The van der Waals surface area contributed by atoms with Gasteiger partial charge in [-0.15, -0.1) is 0 Å². The smallest absolute Gasteiger partial charge is 0.158 e. The zero-order valence-corrected chi connectivity index (χ0v) is 18.0. The molecule has 0 bridgehead atoms. The molecular formula is C22H25N7O2. The Morgan fingerprint density at radius 3 is 2.58 bits per heavy atom. The Hall–Kier alpha value is -3.64. The Morgan fingerprint density at radius 1 is 1.13 bits per heavy atom. The summed E-state index contributed by atoms with van der Waals surface area (Å²) in [7, 11) is 1.63. The fraction of sp³-hybridized carbons (Fsp3) is 0.364. The van der Waals surface area contributed by atoms with Gasteiger partial charge in [0.2, 0.25) is 0 Å². The zero-order valence-electron chi connectivity index (χ0n) is 18.0. The lowest BCUT2D eigenvalue weighted by atomic mass is 9.99. The Balaban J connectivity index is 1.44. The normalized spacial score (nSPS) is 14.5. The summed E-state index contributed by atoms with van der Waals surface area (Å²) in [4.78, 5) is 14.9. The maximum absolute atomic E-state index is 8.81. The first-order chi connectivity index (χ1) is 14.9. The van der Waals surface area contributed by atoms with Crippen LogP contribution in [-0.2, 0) is 0 Å². The van der Waals surface area contributed by atoms with Crippen LogP contribution in [-0.4, -0.2) is 56.3 Å². The van der Waals surface area contributed by atoms with Crippen LogP contribution in [0, 0.1) is 11.3 Å². The van der Waals surface area contributed by atoms with Crippen LogP contribution in [0.2, 0.25) is 0 Å². The van der Waals surface area contributed by atoms with E-state index in [1.807, 2.05) is 35.0 Å². The lowest BCUT2D eigenvalue weighted by Crippen LogP contribution is -2.60. The largest absolute Gasteiger partial charge is 0.494 e. The van der Waals surface area contributed by atoms with E-state index in [0.717, 1.165) is 24.5 Å². The molecule has 1 aromatic carbocycles. The van der Waals surface area contributed by atoms with Gasteiger partial charge in [-0.05, 0) is 32.9 Å². The van der Waals surface area contributed by atoms with Crippen molar-refractivity contribution >= 4 is 11.6 Å². The third kappa shape index (κ3) is 4.59. The zero-order chi connectivity index (χ0) is 22.0. The molecule has 0 atom stereocenters. The van der Waals surface area contributed by atoms with Crippen LogP contribution in [0.5, 0.6) is 11.5 Å². The molecule has 4 rings (SSSR count). The highest BCUT2D eigenvalue weighted by Crippen LogP contribution is 2.31. The molecule has 9 nitrogen and oxygen atoms in total. The molecule has 2 aromatic heterocycles. The van der Waals surface area contributed by atoms with Gasteiger partial charge in [0.25, 0.3) is 0 Å². The van der Waals surface area contributed by atoms with Crippen LogP contribution in [0.25, 0.3) is 5.69 Å². The number of imidazole rings is 1. The number of rotatable bonds is 6. The van der Waals surface area contributed by atoms with Gasteiger partial charge < -0.3 is 19.4 Å². The summed E-state index contributed by atoms with van der Waals surface area (Å²) in [5.74, 6) is 2.57. The van der Waals surface area contributed by atoms with Gasteiger partial charge in [-0.1, -0.05) is 0 Å². The van der Waals surface area contributed by atoms with Crippen LogP contribution < -0.4 is 14.8 Å². The van der Waals surface area contributed by atoms with Crippen LogP contribution in [0.1, 0.15) is 26.5 Å². The van der Waals surface area contributed by atoms with Crippen molar-refractivity contribution < 1.29 is 9.47 Å². The maximum Gasteiger partial charge on any atom is 0.158 e. The standard InChI is InChI=1S/C22H25N7O2/c1-22(2,3)29-11-17(12-29)31-16-5-6-18(19(7-16)30-4)28-13-21(26-14-28)27-20-10-24-15(8-23)9-25-20/h5-7,9-10,13-14,17H,11-12H2,1-4H3,(H,25,27). The minimum absolute atomic E-state index is 0.165. The van der Waals surface area contributed by atoms with E-state index in [9.17, 15) is 0 Å². The number of aromatic nitrogens is 4. The highest BCUT2D eigenvalue weighted by atomic mass is 16.5. The van der Waals surface area contributed by atoms with Crippen molar-refractivity contribution in [3.05, 3.63) is 48.8 Å². The first kappa shape index (κ1) is 20.6. The van der Waals surface area contributed by atoms with Crippen LogP contribution in [0.3, 0.4) is 0 Å². The highest BCUT2D eigenvalue weighted by Gasteiger charge is 2.35. The van der Waals surface area contributed by atoms with Gasteiger partial charge >= 0.3 is 0 Å². The van der Waals surface area contributed by atoms with Crippen molar-refractivity contribution in [1.29, 1.82) is 5.26 Å². The number of nitrogens with zero attached hydrogens (tertiary/aromatic N) is 6. The molecule has 0 saturated carbocycles. The molecule has 1 saturated heterocycles. The van der Waals surface area contributed by atoms with Gasteiger partial charge in [-0.25, -0.2) is 15.0 Å². The molecule has 0 amide bonds. The van der Waals surface area contributed by atoms with E-state index < -0.39 is 0 Å². The van der Waals surface area contributed by atoms with Gasteiger partial charge in [-0.3, -0.25) is 4.90 Å². The minimum atomic E-state index is 0.165. The third-order valence-electron chi connectivity index (χ3n) is 5.13. The Bertz CT molecular complexity index is 1090. The van der Waals surface area contributed by atoms with E-state index in [-0.39, 0.29) is 17.3 Å². The molecule has 3 heterocycles. The van der Waals surface area contributed by atoms with Gasteiger partial charge in [0, 0.05) is 24.7 Å². The van der Waals surface area contributed by atoms with Gasteiger partial charge in [0.15, 0.2) is 5.69 Å². The molecule has 9 heteroatoms. The van der Waals surface area contributed by atoms with Crippen molar-refractivity contribution in [3.8, 4) is 23.3 Å². The predicted octanol–water partition coefficient (Wildman–Crippen LogP) is 3.15. The van der Waals surface area contributed by atoms with E-state index in [0.29, 0.717) is 17.4 Å². The second-order valence-electron chi connectivity index (χ2n) is 8.34. The van der Waals surface area contributed by atoms with Crippen molar-refractivity contribution in [1.82, 2.24) is 24.4 Å². The van der Waals surface area contributed by atoms with Crippen molar-refractivity contribution in [2.45, 2.75) is 32.4 Å². The monoisotopic (exact) mass is 419 g/mol. The van der Waals surface area contributed by atoms with E-state index in [1.54, 1.807) is 13.4 Å². The molecule has 0 aliphatic carbocycles. The van der Waals surface area contributed by atoms with Crippen molar-refractivity contribution in [2.75, 3.05) is 25.5 Å². The van der Waals surface area contributed by atoms with Gasteiger partial charge in [0.05, 0.1) is 31.4 Å². The third-order valence-corrected chi connectivity index (χ3v) is 5.13. The SMILES string of the molecule is COc1cc(OC2CN(C(C)(C)C)C2)ccc1-n1cnc(Nc2cnc(C#N)cn2)c1. The van der Waals surface area contributed by atoms with Crippen molar-refractivity contribution in [3.63, 3.8) is 0 Å². The Kier molecular flexibility index (Phi) is 5.48. The average molecular weight is 419 g/mol. The molecule has 31 heavy (non-hydrogen) atoms. The lowest BCUT2D eigenvalue weighted by Gasteiger charge is -2.47. The molecule has 0 unspecified atom stereocenters. The van der Waals surface area contributed by atoms with Crippen LogP contribution >= 0.6 is 0 Å². The van der Waals surface area contributed by atoms with E-state index in [1.165, 1.54) is 12.4 Å². The molecule has 0 spiro atoms. The number of hydrogen-bond donors (Lipinski definition) is 1. The summed E-state index contributed by atoms with van der Waals surface area (Å²) in [6.45, 7) is 8.47. The van der Waals surface area contributed by atoms with E-state index in [4.69, 9.17) is 14.7 Å². The number of anilines is 2. The minimum Gasteiger partial charge on any atom is -0.494 e. The number of hydrogen-bond acceptors (Lipinski definition) is 8. The molecule has 3 aromatic rings. The molecule has 1 N–H and O–H groups in total. The van der Waals surface area contributed by atoms with Crippen LogP contribution in [0.4, 0.5) is 11.6 Å². The quantitative estimate of drug-likeness (QED) is 0.650. The lowest BCUT2D eigenvalue weighted by molar-refractivity contribution is -0.0350. The molecule has 1 aliphatic heterocycles. The van der Waals surface area contributed by atoms with E-state index in [2.05, 4.69) is 45.9 Å². The second kappa shape index (κ2) is 8.24. The van der Waals surface area contributed by atoms with Crippen LogP contribution in [0.15, 0.2) is 43.1 Å². The molecule has 1 fully saturated rings. The Labute approximate surface area is 181 Å². The summed E-state index contributed by atoms with van der Waals surface area (Å²) >= 11 is 0. The maximum atomic E-state index is 8.81. The predicted molar refractivity (Wildman–Crippen MR) is 116 cm³/mol. The first-order valence-electron chi connectivity index (χ1n) is 9.99. The summed E-state index contributed by atoms with van der Waals surface area (Å²) in [5, 5.41) is 11.9. The topological polar surface area (TPSA) is 101 Å². The highest BCUT2D eigenvalue weighted by molar-refractivity contribution is 5.55. The number of nitrogens with one attached hydrogen (secondary N) is 1. The summed E-state index contributed by atoms with van der Waals surface area (Å²) in [5.41, 5.74) is 1.26. The molecule has 160 valence electrons. The summed E-state index contributed by atoms with van der Waals surface area (Å²) < 4.78 is 13.6. The van der Waals surface area contributed by atoms with E-state index >= 15 is 0 Å². The molecule has 0 radical (unpaired) electrons. The number of methoxy groups -OCH3 is 1. The fourth-order valence-corrected chi connectivity index (χ4v) is 3.30. The average Bonchev–Trinajstić information content (AvgIpc) is 3.18. The Morgan fingerprint density at radius 2 is 1.94 bits per heavy atom. The summed E-state index contributed by atoms with van der Waals surface area (Å²) in [6, 6.07) is 7.73. The van der Waals surface area contributed by atoms with Gasteiger partial charge in [-0.2, -0.15) is 5.26 Å². The number of ether oxygens (including phenoxy) is 2. The number of nitriles is 1. The molecular weight excluding hydrogens is 394 g/mol. The number of likely N-dealkylation sites (tertiary alicyclic amines) is 1. The fourth-order valence-electron chi connectivity index (χ4n) is 3.30. The number of benzene rings is 1. The van der Waals surface area contributed by atoms with Crippen molar-refractivity contribution in [2.24, 2.45) is 0 Å².